The molecule has 0 bridgehead atoms. The molecule has 1 aromatic rings. The van der Waals surface area contributed by atoms with E-state index in [4.69, 9.17) is 9.47 Å². The molecule has 0 saturated carbocycles. The fourth-order valence-corrected chi connectivity index (χ4v) is 1.88. The zero-order valence-electron chi connectivity index (χ0n) is 10.4. The van der Waals surface area contributed by atoms with E-state index in [1.54, 1.807) is 21.1 Å². The van der Waals surface area contributed by atoms with E-state index in [0.717, 1.165) is 29.0 Å². The first-order valence-electron chi connectivity index (χ1n) is 5.54. The van der Waals surface area contributed by atoms with E-state index < -0.39 is 0 Å². The molecular weight excluding hydrogens is 204 g/mol. The van der Waals surface area contributed by atoms with Crippen molar-refractivity contribution in [1.82, 2.24) is 0 Å². The van der Waals surface area contributed by atoms with Crippen LogP contribution in [0, 0.1) is 0 Å². The minimum Gasteiger partial charge on any atom is -0.497 e. The number of methoxy groups -OCH3 is 2. The summed E-state index contributed by atoms with van der Waals surface area (Å²) in [5.41, 5.74) is 2.23. The van der Waals surface area contributed by atoms with Gasteiger partial charge in [0.1, 0.15) is 11.5 Å². The lowest BCUT2D eigenvalue weighted by atomic mass is 9.98. The molecule has 1 rings (SSSR count). The first-order chi connectivity index (χ1) is 7.62. The fraction of sp³-hybridized carbons (Fsp3) is 0.538. The van der Waals surface area contributed by atoms with Crippen LogP contribution >= 0.6 is 0 Å². The first-order valence-corrected chi connectivity index (χ1v) is 5.54. The van der Waals surface area contributed by atoms with Crippen LogP contribution in [0.4, 0.5) is 0 Å². The average Bonchev–Trinajstić information content (AvgIpc) is 2.27. The Balaban J connectivity index is 3.19. The van der Waals surface area contributed by atoms with Crippen molar-refractivity contribution in [3.8, 4) is 11.5 Å². The Hall–Kier alpha value is -1.22. The van der Waals surface area contributed by atoms with Crippen molar-refractivity contribution in [2.24, 2.45) is 0 Å². The molecule has 0 spiro atoms. The number of aliphatic hydroxyl groups is 1. The Labute approximate surface area is 97.0 Å². The van der Waals surface area contributed by atoms with Gasteiger partial charge < -0.3 is 14.6 Å². The number of ether oxygens (including phenoxy) is 2. The van der Waals surface area contributed by atoms with Gasteiger partial charge >= 0.3 is 0 Å². The van der Waals surface area contributed by atoms with Gasteiger partial charge in [-0.3, -0.25) is 0 Å². The smallest absolute Gasteiger partial charge is 0.126 e. The fourth-order valence-electron chi connectivity index (χ4n) is 1.88. The zero-order chi connectivity index (χ0) is 12.1. The van der Waals surface area contributed by atoms with Crippen LogP contribution in [0.2, 0.25) is 0 Å². The molecule has 0 aromatic heterocycles. The summed E-state index contributed by atoms with van der Waals surface area (Å²) < 4.78 is 10.6. The third-order valence-electron chi connectivity index (χ3n) is 2.60. The summed E-state index contributed by atoms with van der Waals surface area (Å²) in [6.45, 7) is 3.86. The topological polar surface area (TPSA) is 38.7 Å². The van der Waals surface area contributed by atoms with Gasteiger partial charge in [0, 0.05) is 6.07 Å². The minimum absolute atomic E-state index is 0.359. The molecule has 0 amide bonds. The van der Waals surface area contributed by atoms with E-state index in [1.807, 2.05) is 12.1 Å². The molecule has 1 atom stereocenters. The van der Waals surface area contributed by atoms with Gasteiger partial charge in [0.2, 0.25) is 0 Å². The number of hydrogen-bond acceptors (Lipinski definition) is 3. The second-order valence-electron chi connectivity index (χ2n) is 3.87. The van der Waals surface area contributed by atoms with E-state index in [0.29, 0.717) is 6.42 Å². The summed E-state index contributed by atoms with van der Waals surface area (Å²) in [6, 6.07) is 3.85. The minimum atomic E-state index is -0.359. The lowest BCUT2D eigenvalue weighted by Gasteiger charge is -2.15. The molecule has 1 unspecified atom stereocenters. The van der Waals surface area contributed by atoms with Gasteiger partial charge in [-0.2, -0.15) is 0 Å². The van der Waals surface area contributed by atoms with Crippen molar-refractivity contribution < 1.29 is 14.6 Å². The second-order valence-corrected chi connectivity index (χ2v) is 3.87. The van der Waals surface area contributed by atoms with E-state index in [1.165, 1.54) is 0 Å². The molecule has 3 nitrogen and oxygen atoms in total. The molecule has 0 heterocycles. The van der Waals surface area contributed by atoms with Gasteiger partial charge in [-0.1, -0.05) is 6.92 Å². The van der Waals surface area contributed by atoms with E-state index in [-0.39, 0.29) is 6.10 Å². The van der Waals surface area contributed by atoms with Gasteiger partial charge in [-0.05, 0) is 37.0 Å². The van der Waals surface area contributed by atoms with Crippen LogP contribution in [-0.4, -0.2) is 25.4 Å². The third kappa shape index (κ3) is 2.89. The quantitative estimate of drug-likeness (QED) is 0.833. The summed E-state index contributed by atoms with van der Waals surface area (Å²) in [7, 11) is 3.28. The Morgan fingerprint density at radius 2 is 1.94 bits per heavy atom. The monoisotopic (exact) mass is 224 g/mol. The Morgan fingerprint density at radius 3 is 2.38 bits per heavy atom. The summed E-state index contributed by atoms with van der Waals surface area (Å²) in [5.74, 6) is 1.60. The lowest BCUT2D eigenvalue weighted by Crippen LogP contribution is -2.08. The highest BCUT2D eigenvalue weighted by atomic mass is 16.5. The number of hydrogen-bond donors (Lipinski definition) is 1. The SMILES string of the molecule is CCc1c(CC(C)O)cc(OC)cc1OC. The lowest BCUT2D eigenvalue weighted by molar-refractivity contribution is 0.195. The van der Waals surface area contributed by atoms with Crippen molar-refractivity contribution in [2.75, 3.05) is 14.2 Å². The highest BCUT2D eigenvalue weighted by molar-refractivity contribution is 5.47. The molecule has 0 aliphatic heterocycles. The molecule has 16 heavy (non-hydrogen) atoms. The Bertz CT molecular complexity index is 345. The number of aliphatic hydroxyl groups excluding tert-OH is 1. The molecule has 0 radical (unpaired) electrons. The van der Waals surface area contributed by atoms with E-state index >= 15 is 0 Å². The van der Waals surface area contributed by atoms with Crippen molar-refractivity contribution in [3.05, 3.63) is 23.3 Å². The molecule has 3 heteroatoms. The van der Waals surface area contributed by atoms with Gasteiger partial charge in [-0.25, -0.2) is 0 Å². The second kappa shape index (κ2) is 5.75. The maximum atomic E-state index is 9.47. The largest absolute Gasteiger partial charge is 0.497 e. The molecular formula is C13H20O3. The maximum absolute atomic E-state index is 9.47. The van der Waals surface area contributed by atoms with Crippen molar-refractivity contribution >= 4 is 0 Å². The average molecular weight is 224 g/mol. The van der Waals surface area contributed by atoms with Crippen molar-refractivity contribution in [1.29, 1.82) is 0 Å². The molecule has 0 fully saturated rings. The summed E-state index contributed by atoms with van der Waals surface area (Å²) in [5, 5.41) is 9.47. The molecule has 0 saturated heterocycles. The highest BCUT2D eigenvalue weighted by Crippen LogP contribution is 2.30. The zero-order valence-corrected chi connectivity index (χ0v) is 10.4. The Kier molecular flexibility index (Phi) is 4.62. The Morgan fingerprint density at radius 1 is 1.25 bits per heavy atom. The van der Waals surface area contributed by atoms with Crippen LogP contribution in [0.15, 0.2) is 12.1 Å². The van der Waals surface area contributed by atoms with Gasteiger partial charge in [0.25, 0.3) is 0 Å². The molecule has 0 aliphatic carbocycles. The highest BCUT2D eigenvalue weighted by Gasteiger charge is 2.12. The predicted octanol–water partition coefficient (Wildman–Crippen LogP) is 2.19. The van der Waals surface area contributed by atoms with Gasteiger partial charge in [0.05, 0.1) is 20.3 Å². The van der Waals surface area contributed by atoms with Crippen LogP contribution in [0.1, 0.15) is 25.0 Å². The first kappa shape index (κ1) is 12.8. The summed E-state index contributed by atoms with van der Waals surface area (Å²) >= 11 is 0. The van der Waals surface area contributed by atoms with Crippen molar-refractivity contribution in [2.45, 2.75) is 32.8 Å². The summed E-state index contributed by atoms with van der Waals surface area (Å²) in [6.07, 6.45) is 1.15. The van der Waals surface area contributed by atoms with Crippen LogP contribution in [0.25, 0.3) is 0 Å². The van der Waals surface area contributed by atoms with Crippen LogP contribution < -0.4 is 9.47 Å². The van der Waals surface area contributed by atoms with Crippen LogP contribution in [0.5, 0.6) is 11.5 Å². The molecule has 0 aliphatic rings. The molecule has 90 valence electrons. The normalized spacial score (nSPS) is 12.3. The number of rotatable bonds is 5. The van der Waals surface area contributed by atoms with Gasteiger partial charge in [-0.15, -0.1) is 0 Å². The van der Waals surface area contributed by atoms with Crippen LogP contribution in [0.3, 0.4) is 0 Å². The van der Waals surface area contributed by atoms with Crippen molar-refractivity contribution in [3.63, 3.8) is 0 Å². The van der Waals surface area contributed by atoms with E-state index in [9.17, 15) is 5.11 Å². The predicted molar refractivity (Wildman–Crippen MR) is 64.3 cm³/mol. The van der Waals surface area contributed by atoms with Gasteiger partial charge in [0.15, 0.2) is 0 Å². The van der Waals surface area contributed by atoms with E-state index in [2.05, 4.69) is 6.92 Å². The molecule has 1 N–H and O–H groups in total. The maximum Gasteiger partial charge on any atom is 0.126 e. The van der Waals surface area contributed by atoms with Crippen LogP contribution in [-0.2, 0) is 12.8 Å². The molecule has 1 aromatic carbocycles. The number of benzene rings is 1. The standard InChI is InChI=1S/C13H20O3/c1-5-12-10(6-9(2)14)7-11(15-3)8-13(12)16-4/h7-9,14H,5-6H2,1-4H3. The summed E-state index contributed by atoms with van der Waals surface area (Å²) in [4.78, 5) is 0. The third-order valence-corrected chi connectivity index (χ3v) is 2.60.